The number of hydrazone groups is 1. The smallest absolute Gasteiger partial charge is 0.380 e. The summed E-state index contributed by atoms with van der Waals surface area (Å²) in [5, 5.41) is 17.0. The number of aromatic nitrogens is 2. The van der Waals surface area contributed by atoms with E-state index >= 15 is 0 Å². The number of likely N-dealkylation sites (N-methyl/N-ethyl adjacent to an activating group) is 1. The largest absolute Gasteiger partial charge is 0.416 e. The molecule has 188 valence electrons. The van der Waals surface area contributed by atoms with E-state index in [1.165, 1.54) is 26.4 Å². The topological polar surface area (TPSA) is 108 Å². The molecule has 1 unspecified atom stereocenters. The minimum atomic E-state index is -5.10. The van der Waals surface area contributed by atoms with Crippen LogP contribution in [0.5, 0.6) is 0 Å². The van der Waals surface area contributed by atoms with E-state index in [4.69, 9.17) is 0 Å². The van der Waals surface area contributed by atoms with Gasteiger partial charge in [0.1, 0.15) is 11.3 Å². The Bertz CT molecular complexity index is 1130. The molecule has 14 heteroatoms. The molecule has 1 saturated carbocycles. The molecule has 2 aromatic rings. The Kier molecular flexibility index (Phi) is 6.88. The molecule has 0 spiro atoms. The molecule has 1 heterocycles. The van der Waals surface area contributed by atoms with E-state index in [1.54, 1.807) is 0 Å². The van der Waals surface area contributed by atoms with Crippen LogP contribution in [0, 0.1) is 0 Å². The molecule has 1 aromatic carbocycles. The zero-order valence-corrected chi connectivity index (χ0v) is 18.3. The Morgan fingerprint density at radius 2 is 1.63 bits per heavy atom. The molecule has 0 aliphatic heterocycles. The minimum Gasteiger partial charge on any atom is -0.380 e. The lowest BCUT2D eigenvalue weighted by molar-refractivity contribution is -0.143. The number of amides is 2. The van der Waals surface area contributed by atoms with Gasteiger partial charge in [-0.2, -0.15) is 31.4 Å². The highest BCUT2D eigenvalue weighted by Gasteiger charge is 2.49. The molecule has 1 atom stereocenters. The van der Waals surface area contributed by atoms with Crippen molar-refractivity contribution >= 4 is 18.0 Å². The number of hydrogen-bond acceptors (Lipinski definition) is 6. The van der Waals surface area contributed by atoms with E-state index in [9.17, 15) is 41.0 Å². The zero-order valence-electron chi connectivity index (χ0n) is 18.3. The van der Waals surface area contributed by atoms with Crippen molar-refractivity contribution in [3.05, 3.63) is 58.7 Å². The van der Waals surface area contributed by atoms with Crippen LogP contribution in [0.15, 0.2) is 35.7 Å². The van der Waals surface area contributed by atoms with Gasteiger partial charge in [0, 0.05) is 25.0 Å². The van der Waals surface area contributed by atoms with Crippen LogP contribution in [0.2, 0.25) is 0 Å². The molecular weight excluding hydrogens is 484 g/mol. The van der Waals surface area contributed by atoms with E-state index in [1.807, 2.05) is 0 Å². The standard InChI is InChI=1S/C21H19F6N5O3/c1-11(16-15(28-5-6-29-16)10-30-32(2)18(34)19(35)3-4-19)31-17(33)12-7-13(20(22,23)24)9-14(8-12)21(25,26)27/h5-11,35H,3-4H2,1-2H3,(H,31,33)/b30-10+. The van der Waals surface area contributed by atoms with Gasteiger partial charge in [-0.25, -0.2) is 5.01 Å². The highest BCUT2D eigenvalue weighted by molar-refractivity contribution is 5.95. The number of rotatable bonds is 6. The third-order valence-corrected chi connectivity index (χ3v) is 5.13. The van der Waals surface area contributed by atoms with Crippen molar-refractivity contribution < 1.29 is 41.0 Å². The molecule has 1 aromatic heterocycles. The first-order valence-electron chi connectivity index (χ1n) is 10.1. The van der Waals surface area contributed by atoms with E-state index in [-0.39, 0.29) is 17.5 Å². The summed E-state index contributed by atoms with van der Waals surface area (Å²) >= 11 is 0. The summed E-state index contributed by atoms with van der Waals surface area (Å²) in [4.78, 5) is 32.7. The molecule has 3 rings (SSSR count). The average molecular weight is 503 g/mol. The molecule has 1 aliphatic carbocycles. The van der Waals surface area contributed by atoms with Gasteiger partial charge in [0.15, 0.2) is 0 Å². The molecule has 0 saturated heterocycles. The van der Waals surface area contributed by atoms with E-state index in [0.29, 0.717) is 25.0 Å². The first-order valence-corrected chi connectivity index (χ1v) is 10.1. The second kappa shape index (κ2) is 9.24. The molecule has 1 fully saturated rings. The normalized spacial score (nSPS) is 16.1. The average Bonchev–Trinajstić information content (AvgIpc) is 3.54. The quantitative estimate of drug-likeness (QED) is 0.357. The summed E-state index contributed by atoms with van der Waals surface area (Å²) in [6.45, 7) is 1.39. The van der Waals surface area contributed by atoms with Crippen LogP contribution in [-0.4, -0.2) is 50.8 Å². The first kappa shape index (κ1) is 26.1. The predicted molar refractivity (Wildman–Crippen MR) is 109 cm³/mol. The van der Waals surface area contributed by atoms with Crippen LogP contribution in [0.3, 0.4) is 0 Å². The van der Waals surface area contributed by atoms with Gasteiger partial charge in [-0.05, 0) is 38.0 Å². The molecule has 1 aliphatic rings. The number of hydrogen-bond donors (Lipinski definition) is 2. The maximum absolute atomic E-state index is 13.1. The number of nitrogens with zero attached hydrogens (tertiary/aromatic N) is 4. The van der Waals surface area contributed by atoms with Crippen LogP contribution in [0.1, 0.15) is 58.7 Å². The third kappa shape index (κ3) is 6.12. The van der Waals surface area contributed by atoms with Crippen LogP contribution in [-0.2, 0) is 17.1 Å². The van der Waals surface area contributed by atoms with Crippen LogP contribution in [0.25, 0.3) is 0 Å². The zero-order chi connectivity index (χ0) is 26.2. The number of carbonyl (C=O) groups excluding carboxylic acids is 2. The maximum atomic E-state index is 13.1. The molecule has 35 heavy (non-hydrogen) atoms. The van der Waals surface area contributed by atoms with E-state index < -0.39 is 52.5 Å². The maximum Gasteiger partial charge on any atom is 0.416 e. The van der Waals surface area contributed by atoms with Crippen molar-refractivity contribution in [2.45, 2.75) is 43.8 Å². The molecule has 0 bridgehead atoms. The Labute approximate surface area is 194 Å². The summed E-state index contributed by atoms with van der Waals surface area (Å²) in [6.07, 6.45) is -5.95. The first-order chi connectivity index (χ1) is 16.1. The second-order valence-electron chi connectivity index (χ2n) is 7.92. The molecule has 0 radical (unpaired) electrons. The number of benzene rings is 1. The van der Waals surface area contributed by atoms with Gasteiger partial charge in [-0.1, -0.05) is 0 Å². The van der Waals surface area contributed by atoms with Crippen LogP contribution < -0.4 is 5.32 Å². The highest BCUT2D eigenvalue weighted by Crippen LogP contribution is 2.37. The second-order valence-corrected chi connectivity index (χ2v) is 7.92. The van der Waals surface area contributed by atoms with E-state index in [2.05, 4.69) is 20.4 Å². The molecule has 8 nitrogen and oxygen atoms in total. The van der Waals surface area contributed by atoms with Gasteiger partial charge in [0.25, 0.3) is 11.8 Å². The van der Waals surface area contributed by atoms with Crippen molar-refractivity contribution in [1.29, 1.82) is 0 Å². The minimum absolute atomic E-state index is 0.0720. The molecule has 2 N–H and O–H groups in total. The fourth-order valence-corrected chi connectivity index (χ4v) is 3.05. The lowest BCUT2D eigenvalue weighted by Gasteiger charge is -2.18. The number of nitrogens with one attached hydrogen (secondary N) is 1. The SMILES string of the molecule is CC(NC(=O)c1cc(C(F)(F)F)cc(C(F)(F)F)c1)c1nccnc1/C=N/N(C)C(=O)C1(O)CC1. The van der Waals surface area contributed by atoms with Gasteiger partial charge in [0.05, 0.1) is 29.1 Å². The van der Waals surface area contributed by atoms with Crippen molar-refractivity contribution in [3.8, 4) is 0 Å². The van der Waals surface area contributed by atoms with Crippen molar-refractivity contribution in [2.24, 2.45) is 5.10 Å². The van der Waals surface area contributed by atoms with Gasteiger partial charge in [-0.3, -0.25) is 19.6 Å². The summed E-state index contributed by atoms with van der Waals surface area (Å²) in [7, 11) is 1.31. The fourth-order valence-electron chi connectivity index (χ4n) is 3.05. The Morgan fingerprint density at radius 3 is 2.14 bits per heavy atom. The lowest BCUT2D eigenvalue weighted by Crippen LogP contribution is -2.34. The molecule has 2 amide bonds. The summed E-state index contributed by atoms with van der Waals surface area (Å²) in [6, 6.07) is -0.456. The fraction of sp³-hybridized carbons (Fsp3) is 0.381. The van der Waals surface area contributed by atoms with Crippen molar-refractivity contribution in [1.82, 2.24) is 20.3 Å². The Morgan fingerprint density at radius 1 is 1.09 bits per heavy atom. The Balaban J connectivity index is 1.83. The highest BCUT2D eigenvalue weighted by atomic mass is 19.4. The van der Waals surface area contributed by atoms with Crippen molar-refractivity contribution in [2.75, 3.05) is 7.05 Å². The van der Waals surface area contributed by atoms with Crippen molar-refractivity contribution in [3.63, 3.8) is 0 Å². The number of halogens is 6. The number of aliphatic hydroxyl groups is 1. The summed E-state index contributed by atoms with van der Waals surface area (Å²) in [5.74, 6) is -1.84. The number of carbonyl (C=O) groups is 2. The summed E-state index contributed by atoms with van der Waals surface area (Å²) in [5.41, 5.74) is -5.40. The van der Waals surface area contributed by atoms with Crippen LogP contribution in [0.4, 0.5) is 26.3 Å². The van der Waals surface area contributed by atoms with Gasteiger partial charge in [0.2, 0.25) is 0 Å². The molecular formula is C21H19F6N5O3. The lowest BCUT2D eigenvalue weighted by atomic mass is 10.0. The number of alkyl halides is 6. The third-order valence-electron chi connectivity index (χ3n) is 5.13. The van der Waals surface area contributed by atoms with Gasteiger partial charge < -0.3 is 10.4 Å². The van der Waals surface area contributed by atoms with E-state index in [0.717, 1.165) is 11.2 Å². The van der Waals surface area contributed by atoms with Gasteiger partial charge in [-0.15, -0.1) is 0 Å². The summed E-state index contributed by atoms with van der Waals surface area (Å²) < 4.78 is 78.5. The van der Waals surface area contributed by atoms with Crippen LogP contribution >= 0.6 is 0 Å². The monoisotopic (exact) mass is 503 g/mol. The predicted octanol–water partition coefficient (Wildman–Crippen LogP) is 3.32. The Hall–Kier alpha value is -3.55. The van der Waals surface area contributed by atoms with Gasteiger partial charge >= 0.3 is 12.4 Å².